The van der Waals surface area contributed by atoms with E-state index >= 15 is 0 Å². The Labute approximate surface area is 173 Å². The number of carbonyl (C=O) groups excluding carboxylic acids is 2. The van der Waals surface area contributed by atoms with E-state index in [2.05, 4.69) is 16.0 Å². The standard InChI is InChI=1S/C21H23N3O6/c1-11-18(20(26)23-14-10-13(28-2)6-8-16(14)29-3)19(24-21(27)22-11)12-5-7-15(25)17(9-12)30-4/h5-10,19,25H,1-4H3,(H,23,26)(H2,22,24,27). The van der Waals surface area contributed by atoms with Crippen molar-refractivity contribution in [1.29, 1.82) is 0 Å². The van der Waals surface area contributed by atoms with Crippen LogP contribution < -0.4 is 30.2 Å². The lowest BCUT2D eigenvalue weighted by atomic mass is 9.94. The van der Waals surface area contributed by atoms with Gasteiger partial charge in [-0.05, 0) is 36.8 Å². The van der Waals surface area contributed by atoms with Gasteiger partial charge in [0.25, 0.3) is 5.91 Å². The molecule has 3 amide bonds. The first kappa shape index (κ1) is 20.8. The molecule has 0 spiro atoms. The number of nitrogens with one attached hydrogen (secondary N) is 3. The molecule has 3 rings (SSSR count). The number of anilines is 1. The van der Waals surface area contributed by atoms with Crippen molar-refractivity contribution in [2.45, 2.75) is 13.0 Å². The molecule has 2 aromatic carbocycles. The minimum atomic E-state index is -0.759. The zero-order valence-electron chi connectivity index (χ0n) is 17.0. The SMILES string of the molecule is COc1ccc(OC)c(NC(=O)C2=C(C)NC(=O)NC2c2ccc(O)c(OC)c2)c1. The van der Waals surface area contributed by atoms with E-state index in [1.54, 1.807) is 37.3 Å². The Morgan fingerprint density at radius 2 is 1.77 bits per heavy atom. The van der Waals surface area contributed by atoms with Gasteiger partial charge in [0.1, 0.15) is 11.5 Å². The van der Waals surface area contributed by atoms with Crippen LogP contribution in [-0.2, 0) is 4.79 Å². The number of hydrogen-bond acceptors (Lipinski definition) is 6. The van der Waals surface area contributed by atoms with Gasteiger partial charge in [-0.3, -0.25) is 4.79 Å². The third kappa shape index (κ3) is 4.09. The van der Waals surface area contributed by atoms with Gasteiger partial charge in [-0.15, -0.1) is 0 Å². The third-order valence-electron chi connectivity index (χ3n) is 4.71. The van der Waals surface area contributed by atoms with E-state index in [-0.39, 0.29) is 11.5 Å². The van der Waals surface area contributed by atoms with Crippen LogP contribution in [0.3, 0.4) is 0 Å². The summed E-state index contributed by atoms with van der Waals surface area (Å²) in [5.74, 6) is 0.745. The average molecular weight is 413 g/mol. The first-order chi connectivity index (χ1) is 14.4. The maximum atomic E-state index is 13.2. The van der Waals surface area contributed by atoms with Gasteiger partial charge < -0.3 is 35.3 Å². The summed E-state index contributed by atoms with van der Waals surface area (Å²) < 4.78 is 15.7. The predicted octanol–water partition coefficient (Wildman–Crippen LogP) is 2.68. The molecular weight excluding hydrogens is 390 g/mol. The van der Waals surface area contributed by atoms with Gasteiger partial charge in [-0.2, -0.15) is 0 Å². The van der Waals surface area contributed by atoms with Crippen molar-refractivity contribution in [3.05, 3.63) is 53.2 Å². The summed E-state index contributed by atoms with van der Waals surface area (Å²) in [5, 5.41) is 18.0. The monoisotopic (exact) mass is 413 g/mol. The highest BCUT2D eigenvalue weighted by Gasteiger charge is 2.32. The van der Waals surface area contributed by atoms with Gasteiger partial charge in [0.05, 0.1) is 38.6 Å². The van der Waals surface area contributed by atoms with Crippen molar-refractivity contribution in [3.8, 4) is 23.0 Å². The number of amides is 3. The van der Waals surface area contributed by atoms with Gasteiger partial charge in [-0.25, -0.2) is 4.79 Å². The topological polar surface area (TPSA) is 118 Å². The van der Waals surface area contributed by atoms with Crippen molar-refractivity contribution in [1.82, 2.24) is 10.6 Å². The molecule has 9 nitrogen and oxygen atoms in total. The first-order valence-electron chi connectivity index (χ1n) is 9.06. The number of carbonyl (C=O) groups is 2. The Hall–Kier alpha value is -3.88. The van der Waals surface area contributed by atoms with Crippen molar-refractivity contribution in [2.75, 3.05) is 26.6 Å². The van der Waals surface area contributed by atoms with Gasteiger partial charge in [0.2, 0.25) is 0 Å². The Bertz CT molecular complexity index is 1020. The maximum Gasteiger partial charge on any atom is 0.319 e. The summed E-state index contributed by atoms with van der Waals surface area (Å²) in [4.78, 5) is 25.3. The highest BCUT2D eigenvalue weighted by molar-refractivity contribution is 6.07. The van der Waals surface area contributed by atoms with Crippen LogP contribution >= 0.6 is 0 Å². The molecular formula is C21H23N3O6. The van der Waals surface area contributed by atoms with Crippen LogP contribution in [0.15, 0.2) is 47.7 Å². The Kier molecular flexibility index (Phi) is 6.01. The molecule has 0 aliphatic carbocycles. The van der Waals surface area contributed by atoms with E-state index in [0.29, 0.717) is 34.0 Å². The number of allylic oxidation sites excluding steroid dienone is 1. The minimum Gasteiger partial charge on any atom is -0.504 e. The second-order valence-electron chi connectivity index (χ2n) is 6.52. The lowest BCUT2D eigenvalue weighted by Crippen LogP contribution is -2.46. The second kappa shape index (κ2) is 8.64. The normalized spacial score (nSPS) is 15.7. The Morgan fingerprint density at radius 3 is 2.43 bits per heavy atom. The number of aromatic hydroxyl groups is 1. The molecule has 9 heteroatoms. The number of methoxy groups -OCH3 is 3. The number of ether oxygens (including phenoxy) is 3. The fraction of sp³-hybridized carbons (Fsp3) is 0.238. The van der Waals surface area contributed by atoms with E-state index in [1.165, 1.54) is 27.4 Å². The molecule has 0 radical (unpaired) electrons. The third-order valence-corrected chi connectivity index (χ3v) is 4.71. The summed E-state index contributed by atoms with van der Waals surface area (Å²) >= 11 is 0. The van der Waals surface area contributed by atoms with Crippen LogP contribution in [0.1, 0.15) is 18.5 Å². The summed E-state index contributed by atoms with van der Waals surface area (Å²) in [6, 6.07) is 8.45. The molecule has 158 valence electrons. The summed E-state index contributed by atoms with van der Waals surface area (Å²) in [7, 11) is 4.44. The highest BCUT2D eigenvalue weighted by atomic mass is 16.5. The zero-order chi connectivity index (χ0) is 21.8. The smallest absolute Gasteiger partial charge is 0.319 e. The second-order valence-corrected chi connectivity index (χ2v) is 6.52. The molecule has 1 aliphatic heterocycles. The van der Waals surface area contributed by atoms with Crippen molar-refractivity contribution >= 4 is 17.6 Å². The molecule has 1 atom stereocenters. The summed E-state index contributed by atoms with van der Waals surface area (Å²) in [5.41, 5.74) is 1.69. The highest BCUT2D eigenvalue weighted by Crippen LogP contribution is 2.35. The zero-order valence-corrected chi connectivity index (χ0v) is 17.0. The van der Waals surface area contributed by atoms with E-state index in [1.807, 2.05) is 0 Å². The fourth-order valence-corrected chi connectivity index (χ4v) is 3.22. The van der Waals surface area contributed by atoms with Crippen LogP contribution in [0, 0.1) is 0 Å². The largest absolute Gasteiger partial charge is 0.504 e. The number of phenolic OH excluding ortho intramolecular Hbond substituents is 1. The average Bonchev–Trinajstić information content (AvgIpc) is 2.73. The predicted molar refractivity (Wildman–Crippen MR) is 110 cm³/mol. The molecule has 2 aromatic rings. The molecule has 0 saturated heterocycles. The first-order valence-corrected chi connectivity index (χ1v) is 9.06. The van der Waals surface area contributed by atoms with Crippen molar-refractivity contribution in [2.24, 2.45) is 0 Å². The molecule has 30 heavy (non-hydrogen) atoms. The summed E-state index contributed by atoms with van der Waals surface area (Å²) in [6.45, 7) is 1.64. The fourth-order valence-electron chi connectivity index (χ4n) is 3.22. The minimum absolute atomic E-state index is 0.0469. The van der Waals surface area contributed by atoms with Gasteiger partial charge in [-0.1, -0.05) is 6.07 Å². The molecule has 0 fully saturated rings. The molecule has 1 heterocycles. The van der Waals surface area contributed by atoms with Crippen LogP contribution in [0.5, 0.6) is 23.0 Å². The van der Waals surface area contributed by atoms with E-state index in [0.717, 1.165) is 0 Å². The molecule has 1 unspecified atom stereocenters. The van der Waals surface area contributed by atoms with Crippen molar-refractivity contribution in [3.63, 3.8) is 0 Å². The molecule has 4 N–H and O–H groups in total. The van der Waals surface area contributed by atoms with Crippen LogP contribution in [-0.4, -0.2) is 38.4 Å². The summed E-state index contributed by atoms with van der Waals surface area (Å²) in [6.07, 6.45) is 0. The van der Waals surface area contributed by atoms with E-state index < -0.39 is 18.0 Å². The van der Waals surface area contributed by atoms with E-state index in [9.17, 15) is 14.7 Å². The molecule has 1 aliphatic rings. The van der Waals surface area contributed by atoms with Gasteiger partial charge in [0, 0.05) is 11.8 Å². The van der Waals surface area contributed by atoms with Crippen LogP contribution in [0.25, 0.3) is 0 Å². The molecule has 0 bridgehead atoms. The lowest BCUT2D eigenvalue weighted by Gasteiger charge is -2.29. The van der Waals surface area contributed by atoms with Gasteiger partial charge >= 0.3 is 6.03 Å². The number of hydrogen-bond donors (Lipinski definition) is 4. The van der Waals surface area contributed by atoms with E-state index in [4.69, 9.17) is 14.2 Å². The van der Waals surface area contributed by atoms with Crippen LogP contribution in [0.4, 0.5) is 10.5 Å². The number of rotatable bonds is 6. The maximum absolute atomic E-state index is 13.2. The quantitative estimate of drug-likeness (QED) is 0.578. The number of benzene rings is 2. The number of phenols is 1. The van der Waals surface area contributed by atoms with Gasteiger partial charge in [0.15, 0.2) is 11.5 Å². The Morgan fingerprint density at radius 1 is 1.03 bits per heavy atom. The molecule has 0 saturated carbocycles. The Balaban J connectivity index is 2.00. The van der Waals surface area contributed by atoms with Crippen molar-refractivity contribution < 1.29 is 28.9 Å². The lowest BCUT2D eigenvalue weighted by molar-refractivity contribution is -0.113. The van der Waals surface area contributed by atoms with Crippen LogP contribution in [0.2, 0.25) is 0 Å². The number of urea groups is 1. The molecule has 0 aromatic heterocycles.